The van der Waals surface area contributed by atoms with Gasteiger partial charge in [0.25, 0.3) is 0 Å². The quantitative estimate of drug-likeness (QED) is 0.561. The van der Waals surface area contributed by atoms with Crippen molar-refractivity contribution < 1.29 is 0 Å². The van der Waals surface area contributed by atoms with Crippen molar-refractivity contribution in [2.45, 2.75) is 46.5 Å². The predicted molar refractivity (Wildman–Crippen MR) is 50.6 cm³/mol. The lowest BCUT2D eigenvalue weighted by molar-refractivity contribution is 0.809. The molecule has 1 aliphatic rings. The predicted octanol–water partition coefficient (Wildman–Crippen LogP) is 3.84. The van der Waals surface area contributed by atoms with E-state index in [1.807, 2.05) is 0 Å². The Bertz CT molecular complexity index is 194. The highest BCUT2D eigenvalue weighted by atomic mass is 14.1. The molecule has 0 unspecified atom stereocenters. The van der Waals surface area contributed by atoms with Crippen LogP contribution in [0.1, 0.15) is 46.5 Å². The molecule has 1 rings (SSSR count). The first-order chi connectivity index (χ1) is 5.27. The van der Waals surface area contributed by atoms with Crippen LogP contribution in [0, 0.1) is 0 Å². The van der Waals surface area contributed by atoms with Gasteiger partial charge in [-0.1, -0.05) is 36.6 Å². The van der Waals surface area contributed by atoms with Gasteiger partial charge in [-0.25, -0.2) is 0 Å². The fourth-order valence-corrected chi connectivity index (χ4v) is 1.72. The van der Waals surface area contributed by atoms with E-state index in [2.05, 4.69) is 26.8 Å². The zero-order chi connectivity index (χ0) is 8.27. The van der Waals surface area contributed by atoms with E-state index in [1.165, 1.54) is 31.3 Å². The number of allylic oxidation sites excluding steroid dienone is 4. The molecule has 0 aliphatic heterocycles. The van der Waals surface area contributed by atoms with Gasteiger partial charge in [-0.2, -0.15) is 0 Å². The molecule has 1 aliphatic carbocycles. The SMILES string of the molecule is CCC1=CC(C)=C(CC)CC1. The molecule has 0 saturated heterocycles. The number of hydrogen-bond acceptors (Lipinski definition) is 0. The van der Waals surface area contributed by atoms with E-state index in [1.54, 1.807) is 11.1 Å². The third-order valence-electron chi connectivity index (χ3n) is 2.61. The molecule has 0 heteroatoms. The van der Waals surface area contributed by atoms with Gasteiger partial charge in [0.1, 0.15) is 0 Å². The van der Waals surface area contributed by atoms with Gasteiger partial charge >= 0.3 is 0 Å². The fraction of sp³-hybridized carbons (Fsp3) is 0.636. The minimum Gasteiger partial charge on any atom is -0.0699 e. The zero-order valence-corrected chi connectivity index (χ0v) is 7.91. The Morgan fingerprint density at radius 2 is 1.91 bits per heavy atom. The summed E-state index contributed by atoms with van der Waals surface area (Å²) in [6.07, 6.45) is 7.45. The zero-order valence-electron chi connectivity index (χ0n) is 7.91. The molecule has 0 heterocycles. The van der Waals surface area contributed by atoms with E-state index in [0.717, 1.165) is 0 Å². The molecule has 11 heavy (non-hydrogen) atoms. The Hall–Kier alpha value is -0.520. The molecule has 0 atom stereocenters. The van der Waals surface area contributed by atoms with E-state index in [0.29, 0.717) is 0 Å². The largest absolute Gasteiger partial charge is 0.0699 e. The highest BCUT2D eigenvalue weighted by Gasteiger charge is 2.06. The van der Waals surface area contributed by atoms with Crippen LogP contribution in [0.4, 0.5) is 0 Å². The second-order valence-corrected chi connectivity index (χ2v) is 3.30. The second kappa shape index (κ2) is 3.75. The molecular formula is C11H18. The average Bonchev–Trinajstić information content (AvgIpc) is 2.04. The summed E-state index contributed by atoms with van der Waals surface area (Å²) >= 11 is 0. The Labute approximate surface area is 70.0 Å². The lowest BCUT2D eigenvalue weighted by Gasteiger charge is -2.16. The minimum absolute atomic E-state index is 1.23. The Morgan fingerprint density at radius 3 is 2.36 bits per heavy atom. The summed E-state index contributed by atoms with van der Waals surface area (Å²) in [4.78, 5) is 0. The molecule has 62 valence electrons. The summed E-state index contributed by atoms with van der Waals surface area (Å²) in [5.74, 6) is 0. The van der Waals surface area contributed by atoms with Crippen molar-refractivity contribution in [2.75, 3.05) is 0 Å². The lowest BCUT2D eigenvalue weighted by Crippen LogP contribution is -1.96. The lowest BCUT2D eigenvalue weighted by atomic mass is 9.91. The fourth-order valence-electron chi connectivity index (χ4n) is 1.72. The monoisotopic (exact) mass is 150 g/mol. The van der Waals surface area contributed by atoms with Crippen molar-refractivity contribution in [3.8, 4) is 0 Å². The first-order valence-corrected chi connectivity index (χ1v) is 4.66. The molecule has 0 saturated carbocycles. The highest BCUT2D eigenvalue weighted by molar-refractivity contribution is 5.31. The maximum Gasteiger partial charge on any atom is -0.0277 e. The van der Waals surface area contributed by atoms with Gasteiger partial charge in [0, 0.05) is 0 Å². The highest BCUT2D eigenvalue weighted by Crippen LogP contribution is 2.26. The summed E-state index contributed by atoms with van der Waals surface area (Å²) in [5.41, 5.74) is 4.80. The van der Waals surface area contributed by atoms with E-state index >= 15 is 0 Å². The van der Waals surface area contributed by atoms with E-state index in [-0.39, 0.29) is 0 Å². The molecule has 0 radical (unpaired) electrons. The molecule has 0 fully saturated rings. The summed E-state index contributed by atoms with van der Waals surface area (Å²) in [5, 5.41) is 0. The average molecular weight is 150 g/mol. The van der Waals surface area contributed by atoms with Crippen LogP contribution in [0.2, 0.25) is 0 Å². The number of hydrogen-bond donors (Lipinski definition) is 0. The smallest absolute Gasteiger partial charge is 0.0277 e. The minimum atomic E-state index is 1.23. The number of rotatable bonds is 2. The third-order valence-corrected chi connectivity index (χ3v) is 2.61. The summed E-state index contributed by atoms with van der Waals surface area (Å²) < 4.78 is 0. The van der Waals surface area contributed by atoms with Crippen molar-refractivity contribution in [1.29, 1.82) is 0 Å². The van der Waals surface area contributed by atoms with Gasteiger partial charge in [0.05, 0.1) is 0 Å². The van der Waals surface area contributed by atoms with E-state index in [4.69, 9.17) is 0 Å². The van der Waals surface area contributed by atoms with Crippen LogP contribution in [0.3, 0.4) is 0 Å². The normalized spacial score (nSPS) is 18.6. The first-order valence-electron chi connectivity index (χ1n) is 4.66. The first kappa shape index (κ1) is 8.58. The van der Waals surface area contributed by atoms with Crippen LogP contribution < -0.4 is 0 Å². The van der Waals surface area contributed by atoms with E-state index in [9.17, 15) is 0 Å². The summed E-state index contributed by atoms with van der Waals surface area (Å²) in [7, 11) is 0. The molecule has 0 bridgehead atoms. The van der Waals surface area contributed by atoms with Crippen molar-refractivity contribution in [3.63, 3.8) is 0 Å². The van der Waals surface area contributed by atoms with Gasteiger partial charge in [-0.3, -0.25) is 0 Å². The Balaban J connectivity index is 2.76. The van der Waals surface area contributed by atoms with Crippen LogP contribution in [0.25, 0.3) is 0 Å². The Morgan fingerprint density at radius 1 is 1.18 bits per heavy atom. The topological polar surface area (TPSA) is 0 Å². The molecule has 0 amide bonds. The summed E-state index contributed by atoms with van der Waals surface area (Å²) in [6, 6.07) is 0. The van der Waals surface area contributed by atoms with Gasteiger partial charge in [0.15, 0.2) is 0 Å². The van der Waals surface area contributed by atoms with Crippen molar-refractivity contribution in [1.82, 2.24) is 0 Å². The van der Waals surface area contributed by atoms with Crippen molar-refractivity contribution >= 4 is 0 Å². The standard InChI is InChI=1S/C11H18/c1-4-10-6-7-11(5-2)9(3)8-10/h8H,4-7H2,1-3H3. The van der Waals surface area contributed by atoms with Crippen LogP contribution in [-0.2, 0) is 0 Å². The van der Waals surface area contributed by atoms with Gasteiger partial charge in [0.2, 0.25) is 0 Å². The molecule has 0 N–H and O–H groups in total. The van der Waals surface area contributed by atoms with Crippen molar-refractivity contribution in [3.05, 3.63) is 22.8 Å². The maximum atomic E-state index is 2.38. The molecule has 0 nitrogen and oxygen atoms in total. The molecule has 0 aromatic rings. The molecule has 0 aromatic carbocycles. The van der Waals surface area contributed by atoms with Crippen LogP contribution in [-0.4, -0.2) is 0 Å². The van der Waals surface area contributed by atoms with Crippen molar-refractivity contribution in [2.24, 2.45) is 0 Å². The molecule has 0 spiro atoms. The molecule has 0 aromatic heterocycles. The van der Waals surface area contributed by atoms with E-state index < -0.39 is 0 Å². The Kier molecular flexibility index (Phi) is 2.92. The third kappa shape index (κ3) is 1.95. The maximum absolute atomic E-state index is 2.38. The van der Waals surface area contributed by atoms with Gasteiger partial charge in [-0.05, 0) is 32.6 Å². The summed E-state index contributed by atoms with van der Waals surface area (Å²) in [6.45, 7) is 6.74. The second-order valence-electron chi connectivity index (χ2n) is 3.30. The van der Waals surface area contributed by atoms with Gasteiger partial charge < -0.3 is 0 Å². The van der Waals surface area contributed by atoms with Crippen LogP contribution in [0.5, 0.6) is 0 Å². The molecular weight excluding hydrogens is 132 g/mol. The van der Waals surface area contributed by atoms with Gasteiger partial charge in [-0.15, -0.1) is 0 Å². The van der Waals surface area contributed by atoms with Crippen LogP contribution >= 0.6 is 0 Å². The van der Waals surface area contributed by atoms with Crippen LogP contribution in [0.15, 0.2) is 22.8 Å².